The second-order valence-corrected chi connectivity index (χ2v) is 8.09. The first-order chi connectivity index (χ1) is 11.7. The molecule has 0 radical (unpaired) electrons. The monoisotopic (exact) mass is 357 g/mol. The molecule has 0 atom stereocenters. The van der Waals surface area contributed by atoms with Crippen LogP contribution < -0.4 is 0 Å². The SMILES string of the molecule is CCCn1c(Sc2nc(C3CC3)ns2)nnc1-c1cccc(C)c1. The largest absolute Gasteiger partial charge is 0.302 e. The van der Waals surface area contributed by atoms with Crippen LogP contribution >= 0.6 is 23.3 Å². The van der Waals surface area contributed by atoms with E-state index < -0.39 is 0 Å². The molecule has 7 heteroatoms. The summed E-state index contributed by atoms with van der Waals surface area (Å²) in [6.45, 7) is 5.16. The lowest BCUT2D eigenvalue weighted by molar-refractivity contribution is 0.626. The second-order valence-electron chi connectivity index (χ2n) is 6.12. The Morgan fingerprint density at radius 3 is 2.92 bits per heavy atom. The minimum absolute atomic E-state index is 0.590. The summed E-state index contributed by atoms with van der Waals surface area (Å²) >= 11 is 3.04. The van der Waals surface area contributed by atoms with Crippen LogP contribution in [0.1, 0.15) is 43.5 Å². The van der Waals surface area contributed by atoms with Crippen LogP contribution in [0.15, 0.2) is 33.8 Å². The normalized spacial score (nSPS) is 14.2. The number of rotatable bonds is 6. The molecule has 0 aliphatic heterocycles. The number of hydrogen-bond donors (Lipinski definition) is 0. The molecule has 0 saturated heterocycles. The molecular weight excluding hydrogens is 338 g/mol. The van der Waals surface area contributed by atoms with Crippen LogP contribution in [0, 0.1) is 6.92 Å². The molecule has 0 spiro atoms. The fourth-order valence-corrected chi connectivity index (χ4v) is 4.28. The van der Waals surface area contributed by atoms with Gasteiger partial charge in [-0.1, -0.05) is 30.7 Å². The van der Waals surface area contributed by atoms with E-state index in [2.05, 4.69) is 62.2 Å². The Labute approximate surface area is 149 Å². The van der Waals surface area contributed by atoms with Crippen molar-refractivity contribution in [3.63, 3.8) is 0 Å². The van der Waals surface area contributed by atoms with E-state index in [0.717, 1.165) is 39.7 Å². The van der Waals surface area contributed by atoms with Crippen molar-refractivity contribution in [2.75, 3.05) is 0 Å². The first kappa shape index (κ1) is 15.8. The average Bonchev–Trinajstić information content (AvgIpc) is 3.20. The highest BCUT2D eigenvalue weighted by atomic mass is 32.2. The minimum Gasteiger partial charge on any atom is -0.302 e. The Hall–Kier alpha value is -1.73. The van der Waals surface area contributed by atoms with E-state index in [-0.39, 0.29) is 0 Å². The summed E-state index contributed by atoms with van der Waals surface area (Å²) < 4.78 is 7.63. The lowest BCUT2D eigenvalue weighted by atomic mass is 10.1. The number of benzene rings is 1. The first-order valence-electron chi connectivity index (χ1n) is 8.26. The third-order valence-corrected chi connectivity index (χ3v) is 5.73. The highest BCUT2D eigenvalue weighted by molar-refractivity contribution is 8.00. The quantitative estimate of drug-likeness (QED) is 0.648. The maximum absolute atomic E-state index is 4.65. The third kappa shape index (κ3) is 3.23. The predicted molar refractivity (Wildman–Crippen MR) is 96.5 cm³/mol. The zero-order chi connectivity index (χ0) is 16.5. The van der Waals surface area contributed by atoms with Crippen molar-refractivity contribution in [2.24, 2.45) is 0 Å². The van der Waals surface area contributed by atoms with Gasteiger partial charge in [0.2, 0.25) is 0 Å². The number of aryl methyl sites for hydroxylation is 1. The molecule has 1 aliphatic carbocycles. The van der Waals surface area contributed by atoms with Gasteiger partial charge in [0, 0.05) is 18.0 Å². The van der Waals surface area contributed by atoms with E-state index in [4.69, 9.17) is 0 Å². The predicted octanol–water partition coefficient (Wildman–Crippen LogP) is 4.54. The topological polar surface area (TPSA) is 56.5 Å². The van der Waals surface area contributed by atoms with Gasteiger partial charge >= 0.3 is 0 Å². The molecule has 1 aliphatic rings. The van der Waals surface area contributed by atoms with Crippen molar-refractivity contribution in [2.45, 2.75) is 55.1 Å². The van der Waals surface area contributed by atoms with E-state index in [1.165, 1.54) is 29.9 Å². The molecule has 1 saturated carbocycles. The van der Waals surface area contributed by atoms with Crippen molar-refractivity contribution >= 4 is 23.3 Å². The van der Waals surface area contributed by atoms with Gasteiger partial charge in [-0.05, 0) is 55.5 Å². The Kier molecular flexibility index (Phi) is 4.37. The van der Waals surface area contributed by atoms with Gasteiger partial charge < -0.3 is 4.57 Å². The van der Waals surface area contributed by atoms with Crippen LogP contribution in [0.3, 0.4) is 0 Å². The van der Waals surface area contributed by atoms with Crippen molar-refractivity contribution in [1.29, 1.82) is 0 Å². The lowest BCUT2D eigenvalue weighted by Gasteiger charge is -2.08. The highest BCUT2D eigenvalue weighted by Crippen LogP contribution is 2.40. The number of nitrogens with zero attached hydrogens (tertiary/aromatic N) is 5. The van der Waals surface area contributed by atoms with Crippen molar-refractivity contribution in [1.82, 2.24) is 24.1 Å². The maximum atomic E-state index is 4.65. The van der Waals surface area contributed by atoms with Crippen molar-refractivity contribution < 1.29 is 0 Å². The summed E-state index contributed by atoms with van der Waals surface area (Å²) in [6.07, 6.45) is 3.49. The number of hydrogen-bond acceptors (Lipinski definition) is 6. The summed E-state index contributed by atoms with van der Waals surface area (Å²) in [4.78, 5) is 4.65. The summed E-state index contributed by atoms with van der Waals surface area (Å²) in [5.41, 5.74) is 2.34. The average molecular weight is 358 g/mol. The molecule has 0 unspecified atom stereocenters. The van der Waals surface area contributed by atoms with Crippen LogP contribution in [0.4, 0.5) is 0 Å². The van der Waals surface area contributed by atoms with E-state index in [1.54, 1.807) is 11.8 Å². The summed E-state index contributed by atoms with van der Waals surface area (Å²) in [7, 11) is 0. The summed E-state index contributed by atoms with van der Waals surface area (Å²) in [5, 5.41) is 9.76. The molecule has 0 amide bonds. The molecule has 1 aromatic carbocycles. The van der Waals surface area contributed by atoms with Crippen LogP contribution in [0.2, 0.25) is 0 Å². The van der Waals surface area contributed by atoms with E-state index in [9.17, 15) is 0 Å². The van der Waals surface area contributed by atoms with Crippen LogP contribution in [0.5, 0.6) is 0 Å². The minimum atomic E-state index is 0.590. The molecule has 4 rings (SSSR count). The fourth-order valence-electron chi connectivity index (χ4n) is 2.63. The molecule has 3 aromatic rings. The zero-order valence-electron chi connectivity index (χ0n) is 13.8. The van der Waals surface area contributed by atoms with E-state index in [1.807, 2.05) is 0 Å². The van der Waals surface area contributed by atoms with Gasteiger partial charge in [-0.3, -0.25) is 0 Å². The van der Waals surface area contributed by atoms with Gasteiger partial charge in [0.05, 0.1) is 0 Å². The molecule has 0 bridgehead atoms. The molecule has 124 valence electrons. The fraction of sp³-hybridized carbons (Fsp3) is 0.412. The Morgan fingerprint density at radius 1 is 1.29 bits per heavy atom. The first-order valence-corrected chi connectivity index (χ1v) is 9.85. The lowest BCUT2D eigenvalue weighted by Crippen LogP contribution is -2.01. The highest BCUT2D eigenvalue weighted by Gasteiger charge is 2.28. The second kappa shape index (κ2) is 6.64. The molecule has 24 heavy (non-hydrogen) atoms. The molecular formula is C17H19N5S2. The smallest absolute Gasteiger partial charge is 0.198 e. The van der Waals surface area contributed by atoms with Crippen LogP contribution in [-0.4, -0.2) is 24.1 Å². The van der Waals surface area contributed by atoms with Crippen LogP contribution in [-0.2, 0) is 6.54 Å². The van der Waals surface area contributed by atoms with Crippen molar-refractivity contribution in [3.05, 3.63) is 35.7 Å². The molecule has 0 N–H and O–H groups in total. The van der Waals surface area contributed by atoms with Crippen molar-refractivity contribution in [3.8, 4) is 11.4 Å². The zero-order valence-corrected chi connectivity index (χ0v) is 15.4. The number of aromatic nitrogens is 5. The van der Waals surface area contributed by atoms with E-state index in [0.29, 0.717) is 5.92 Å². The molecule has 1 fully saturated rings. The Morgan fingerprint density at radius 2 is 2.17 bits per heavy atom. The molecule has 5 nitrogen and oxygen atoms in total. The van der Waals surface area contributed by atoms with Gasteiger partial charge in [-0.25, -0.2) is 4.98 Å². The van der Waals surface area contributed by atoms with Gasteiger partial charge in [0.25, 0.3) is 0 Å². The summed E-state index contributed by atoms with van der Waals surface area (Å²) in [6, 6.07) is 8.41. The van der Waals surface area contributed by atoms with Crippen LogP contribution in [0.25, 0.3) is 11.4 Å². The maximum Gasteiger partial charge on any atom is 0.198 e. The van der Waals surface area contributed by atoms with E-state index >= 15 is 0 Å². The molecule has 2 heterocycles. The Balaban J connectivity index is 1.64. The Bertz CT molecular complexity index is 850. The van der Waals surface area contributed by atoms with Gasteiger partial charge in [-0.2, -0.15) is 4.37 Å². The molecule has 2 aromatic heterocycles. The summed E-state index contributed by atoms with van der Waals surface area (Å²) in [5.74, 6) is 2.52. The third-order valence-electron chi connectivity index (χ3n) is 3.98. The van der Waals surface area contributed by atoms with Gasteiger partial charge in [0.1, 0.15) is 5.82 Å². The van der Waals surface area contributed by atoms with Gasteiger partial charge in [-0.15, -0.1) is 10.2 Å². The standard InChI is InChI=1S/C17H19N5S2/c1-3-9-22-15(13-6-4-5-11(2)10-13)19-20-16(22)23-17-18-14(21-24-17)12-7-8-12/h4-6,10,12H,3,7-9H2,1-2H3. The van der Waals surface area contributed by atoms with Gasteiger partial charge in [0.15, 0.2) is 15.3 Å².